The van der Waals surface area contributed by atoms with Crippen LogP contribution in [0.3, 0.4) is 0 Å². The fourth-order valence-electron chi connectivity index (χ4n) is 10.2. The first-order valence-corrected chi connectivity index (χ1v) is 31.1. The molecule has 0 bridgehead atoms. The number of esters is 1. The number of hydrogen-bond acceptors (Lipinski definition) is 12. The number of anilines is 3. The van der Waals surface area contributed by atoms with Gasteiger partial charge in [-0.2, -0.15) is 9.44 Å². The molecule has 24 heteroatoms. The maximum absolute atomic E-state index is 13.3. The maximum atomic E-state index is 13.3. The van der Waals surface area contributed by atoms with E-state index in [9.17, 15) is 60.6 Å². The molecule has 0 aromatic heterocycles. The molecular formula is C64H58Cl2N6O14S2. The number of para-hydroxylation sites is 3. The molecule has 20 nitrogen and oxygen atoms in total. The van der Waals surface area contributed by atoms with Crippen LogP contribution in [0.1, 0.15) is 31.1 Å². The van der Waals surface area contributed by atoms with Gasteiger partial charge in [0.15, 0.2) is 0 Å². The lowest BCUT2D eigenvalue weighted by Crippen LogP contribution is -2.47. The normalized spacial score (nSPS) is 19.4. The number of ether oxygens (including phenoxy) is 1. The van der Waals surface area contributed by atoms with Gasteiger partial charge < -0.3 is 35.0 Å². The number of nitrogens with one attached hydrogen (secondary N) is 3. The standard InChI is InChI=1S/C26H26N2O4.C21H18N2O5S.C17H14Cl2N2O5S/c1-26(2,3)32-25(31)21-16-28(20-11-5-4-6-12-20)24(30)22(21)27-23(29)19-14-13-17-9-7-8-10-18(17)15-19;24-20-19(18(21(25)26)13-23(20)16-8-2-1-3-9-16)22-29(27,28)17-11-10-14-6-4-5-7-15(14)12-17;18-13-7-6-11(8-14(13)19)27(25,26)20-15-12(17(23)24)9-21(16(15)22)10-4-2-1-3-5-10/h4-15,21-22H,16H2,1-3H3,(H,27,29);1-12,18-19,22H,13H2,(H,25,26);1-8,12,15,20H,9H2,(H,23,24)/t21-,22-;18-,19-;12-,15-/m000/s1. The molecule has 0 radical (unpaired) electrons. The van der Waals surface area contributed by atoms with Crippen molar-refractivity contribution >= 4 is 123 Å². The molecule has 0 saturated carbocycles. The molecule has 8 aromatic carbocycles. The maximum Gasteiger partial charge on any atom is 0.313 e. The van der Waals surface area contributed by atoms with Crippen molar-refractivity contribution in [2.45, 2.75) is 54.3 Å². The van der Waals surface area contributed by atoms with Gasteiger partial charge in [0.05, 0.1) is 31.7 Å². The molecule has 0 spiro atoms. The van der Waals surface area contributed by atoms with Crippen LogP contribution in [0.4, 0.5) is 17.1 Å². The molecule has 0 aliphatic carbocycles. The summed E-state index contributed by atoms with van der Waals surface area (Å²) in [4.78, 5) is 92.0. The van der Waals surface area contributed by atoms with Crippen LogP contribution in [0.5, 0.6) is 0 Å². The zero-order valence-corrected chi connectivity index (χ0v) is 50.4. The Bertz CT molecular complexity index is 4220. The molecule has 6 atom stereocenters. The summed E-state index contributed by atoms with van der Waals surface area (Å²) >= 11 is 11.6. The first kappa shape index (κ1) is 63.5. The number of fused-ring (bicyclic) bond motifs is 2. The van der Waals surface area contributed by atoms with Gasteiger partial charge >= 0.3 is 17.9 Å². The van der Waals surface area contributed by atoms with Gasteiger partial charge in [0.25, 0.3) is 11.8 Å². The van der Waals surface area contributed by atoms with Gasteiger partial charge in [-0.3, -0.25) is 33.6 Å². The van der Waals surface area contributed by atoms with Crippen LogP contribution in [0.15, 0.2) is 204 Å². The summed E-state index contributed by atoms with van der Waals surface area (Å²) in [5.74, 6) is -8.23. The van der Waals surface area contributed by atoms with Crippen molar-refractivity contribution in [2.24, 2.45) is 17.8 Å². The smallest absolute Gasteiger partial charge is 0.313 e. The van der Waals surface area contributed by atoms with Gasteiger partial charge in [-0.25, -0.2) is 16.8 Å². The van der Waals surface area contributed by atoms with Crippen molar-refractivity contribution in [3.8, 4) is 0 Å². The highest BCUT2D eigenvalue weighted by Gasteiger charge is 2.50. The van der Waals surface area contributed by atoms with Crippen molar-refractivity contribution in [2.75, 3.05) is 34.3 Å². The molecule has 4 amide bonds. The monoisotopic (exact) mass is 1270 g/mol. The van der Waals surface area contributed by atoms with Gasteiger partial charge in [0, 0.05) is 42.3 Å². The molecule has 88 heavy (non-hydrogen) atoms. The van der Waals surface area contributed by atoms with Crippen molar-refractivity contribution in [3.63, 3.8) is 0 Å². The minimum Gasteiger partial charge on any atom is -0.481 e. The summed E-state index contributed by atoms with van der Waals surface area (Å²) in [6.07, 6.45) is 0. The van der Waals surface area contributed by atoms with Crippen LogP contribution < -0.4 is 29.5 Å². The lowest BCUT2D eigenvalue weighted by Gasteiger charge is -2.24. The van der Waals surface area contributed by atoms with Gasteiger partial charge in [-0.05, 0) is 121 Å². The van der Waals surface area contributed by atoms with E-state index in [4.69, 9.17) is 27.9 Å². The topological polar surface area (TPSA) is 283 Å². The molecule has 0 unspecified atom stereocenters. The van der Waals surface area contributed by atoms with Gasteiger partial charge in [-0.1, -0.05) is 138 Å². The Labute approximate surface area is 516 Å². The largest absolute Gasteiger partial charge is 0.481 e. The van der Waals surface area contributed by atoms with Gasteiger partial charge in [-0.15, -0.1) is 0 Å². The second-order valence-corrected chi connectivity index (χ2v) is 25.9. The molecule has 3 saturated heterocycles. The number of aliphatic carboxylic acids is 2. The summed E-state index contributed by atoms with van der Waals surface area (Å²) in [7, 11) is -8.29. The zero-order chi connectivity index (χ0) is 63.2. The Morgan fingerprint density at radius 3 is 1.27 bits per heavy atom. The number of halogens is 2. The summed E-state index contributed by atoms with van der Waals surface area (Å²) in [5, 5.41) is 25.6. The highest BCUT2D eigenvalue weighted by Crippen LogP contribution is 2.32. The number of amides is 4. The fraction of sp³-hybridized carbons (Fsp3) is 0.203. The highest BCUT2D eigenvalue weighted by molar-refractivity contribution is 7.89. The first-order chi connectivity index (χ1) is 41.8. The van der Waals surface area contributed by atoms with Crippen LogP contribution >= 0.6 is 23.2 Å². The molecule has 3 heterocycles. The average molecular weight is 1270 g/mol. The quantitative estimate of drug-likeness (QED) is 0.0638. The second kappa shape index (κ2) is 26.5. The van der Waals surface area contributed by atoms with E-state index in [2.05, 4.69) is 14.8 Å². The number of carbonyl (C=O) groups is 7. The van der Waals surface area contributed by atoms with Crippen LogP contribution in [0, 0.1) is 17.8 Å². The van der Waals surface area contributed by atoms with Crippen LogP contribution in [0.25, 0.3) is 21.5 Å². The minimum absolute atomic E-state index is 0.0219. The van der Waals surface area contributed by atoms with Gasteiger partial charge in [0.1, 0.15) is 29.6 Å². The van der Waals surface area contributed by atoms with E-state index in [-0.39, 0.29) is 45.4 Å². The van der Waals surface area contributed by atoms with E-state index >= 15 is 0 Å². The molecule has 11 rings (SSSR count). The lowest BCUT2D eigenvalue weighted by molar-refractivity contribution is -0.160. The predicted molar refractivity (Wildman–Crippen MR) is 332 cm³/mol. The molecule has 454 valence electrons. The third-order valence-electron chi connectivity index (χ3n) is 14.6. The molecule has 3 aliphatic heterocycles. The highest BCUT2D eigenvalue weighted by atomic mass is 35.5. The van der Waals surface area contributed by atoms with Crippen LogP contribution in [-0.2, 0) is 53.6 Å². The van der Waals surface area contributed by atoms with Crippen LogP contribution in [0.2, 0.25) is 10.0 Å². The molecule has 3 fully saturated rings. The molecule has 3 aliphatic rings. The van der Waals surface area contributed by atoms with Crippen molar-refractivity contribution in [1.29, 1.82) is 0 Å². The molecular weight excluding hydrogens is 1210 g/mol. The molecule has 5 N–H and O–H groups in total. The fourth-order valence-corrected chi connectivity index (χ4v) is 13.1. The van der Waals surface area contributed by atoms with E-state index in [1.54, 1.807) is 124 Å². The van der Waals surface area contributed by atoms with E-state index in [0.29, 0.717) is 22.6 Å². The number of sulfonamides is 2. The summed E-state index contributed by atoms with van der Waals surface area (Å²) in [6, 6.07) is 51.0. The van der Waals surface area contributed by atoms with E-state index in [0.717, 1.165) is 27.6 Å². The number of carboxylic acid groups (broad SMARTS) is 2. The van der Waals surface area contributed by atoms with Gasteiger partial charge in [0.2, 0.25) is 31.9 Å². The Kier molecular flexibility index (Phi) is 19.1. The van der Waals surface area contributed by atoms with Crippen molar-refractivity contribution in [1.82, 2.24) is 14.8 Å². The number of carboxylic acids is 2. The summed E-state index contributed by atoms with van der Waals surface area (Å²) in [6.45, 7) is 5.22. The first-order valence-electron chi connectivity index (χ1n) is 27.4. The average Bonchev–Trinajstić information content (AvgIpc) is 2.03. The number of rotatable bonds is 14. The summed E-state index contributed by atoms with van der Waals surface area (Å²) in [5.41, 5.74) is 1.42. The summed E-state index contributed by atoms with van der Waals surface area (Å²) < 4.78 is 61.2. The Morgan fingerprint density at radius 1 is 0.466 bits per heavy atom. The number of benzene rings is 8. The Balaban J connectivity index is 0.000000158. The number of carbonyl (C=O) groups excluding carboxylic acids is 5. The Hall–Kier alpha value is -9.03. The lowest BCUT2D eigenvalue weighted by atomic mass is 10.0. The minimum atomic E-state index is -4.19. The van der Waals surface area contributed by atoms with E-state index in [1.807, 2.05) is 60.7 Å². The zero-order valence-electron chi connectivity index (χ0n) is 47.3. The number of hydrogen-bond donors (Lipinski definition) is 5. The molecule has 8 aromatic rings. The van der Waals surface area contributed by atoms with E-state index < -0.39 is 97.2 Å². The third kappa shape index (κ3) is 14.5. The predicted octanol–water partition coefficient (Wildman–Crippen LogP) is 8.57. The van der Waals surface area contributed by atoms with E-state index in [1.165, 1.54) is 39.0 Å². The van der Waals surface area contributed by atoms with Crippen molar-refractivity contribution in [3.05, 3.63) is 210 Å². The van der Waals surface area contributed by atoms with Crippen molar-refractivity contribution < 1.29 is 65.3 Å². The Morgan fingerprint density at radius 2 is 0.841 bits per heavy atom. The van der Waals surface area contributed by atoms with Crippen LogP contribution in [-0.4, -0.2) is 112 Å². The third-order valence-corrected chi connectivity index (χ3v) is 18.2. The second-order valence-electron chi connectivity index (χ2n) is 21.7. The SMILES string of the molecule is CC(C)(C)OC(=O)[C@H]1CN(c2ccccc2)C(=O)[C@H]1NC(=O)c1ccc2ccccc2c1.O=C(O)[C@H]1CN(c2ccccc2)C(=O)[C@H]1NS(=O)(=O)c1ccc(Cl)c(Cl)c1.O=C(O)[C@H]1CN(c2ccccc2)C(=O)[C@H]1NS(=O)(=O)c1ccc2ccccc2c1. The number of nitrogens with zero attached hydrogens (tertiary/aromatic N) is 3.